The van der Waals surface area contributed by atoms with Gasteiger partial charge >= 0.3 is 16.1 Å². The Kier molecular flexibility index (Phi) is 8.44. The molecule has 0 heterocycles. The van der Waals surface area contributed by atoms with Gasteiger partial charge in [-0.25, -0.2) is 4.79 Å². The Balaban J connectivity index is 2.22. The average Bonchev–Trinajstić information content (AvgIpc) is 2.71. The first kappa shape index (κ1) is 25.4. The fourth-order valence-electron chi connectivity index (χ4n) is 3.00. The van der Waals surface area contributed by atoms with Gasteiger partial charge in [-0.15, -0.1) is 0 Å². The normalized spacial score (nSPS) is 11.7. The van der Waals surface area contributed by atoms with Gasteiger partial charge in [-0.2, -0.15) is 8.42 Å². The molecule has 0 unspecified atom stereocenters. The van der Waals surface area contributed by atoms with Crippen LogP contribution in [-0.4, -0.2) is 37.3 Å². The first-order valence-corrected chi connectivity index (χ1v) is 12.0. The van der Waals surface area contributed by atoms with Crippen LogP contribution in [0, 0.1) is 5.92 Å². The third-order valence-corrected chi connectivity index (χ3v) is 5.91. The Labute approximate surface area is 190 Å². The summed E-state index contributed by atoms with van der Waals surface area (Å²) in [5.74, 6) is -0.700. The Hall–Kier alpha value is -2.87. The molecule has 0 aliphatic carbocycles. The molecule has 1 amide bonds. The van der Waals surface area contributed by atoms with Gasteiger partial charge in [0.25, 0.3) is 0 Å². The molecule has 0 aromatic heterocycles. The highest BCUT2D eigenvalue weighted by Gasteiger charge is 2.26. The monoisotopic (exact) mass is 461 g/mol. The van der Waals surface area contributed by atoms with Gasteiger partial charge in [0.05, 0.1) is 11.7 Å². The summed E-state index contributed by atoms with van der Waals surface area (Å²) in [5.41, 5.74) is 0.760. The predicted molar refractivity (Wildman–Crippen MR) is 122 cm³/mol. The summed E-state index contributed by atoms with van der Waals surface area (Å²) in [5, 5.41) is 0. The van der Waals surface area contributed by atoms with E-state index in [1.54, 1.807) is 36.9 Å². The standard InChI is InChI=1S/C24H31NO6S/c1-16(2)23(26)25(17(3)4)15-19-11-13-20(14-12-19)31-32(28,29)22-10-8-7-9-21(22)24(27)30-18(5)6/h7-14,16-18H,15H2,1-6H3. The van der Waals surface area contributed by atoms with E-state index >= 15 is 0 Å². The van der Waals surface area contributed by atoms with Crippen molar-refractivity contribution in [1.82, 2.24) is 4.90 Å². The number of benzene rings is 2. The second kappa shape index (κ2) is 10.6. The summed E-state index contributed by atoms with van der Waals surface area (Å²) in [6, 6.07) is 12.3. The van der Waals surface area contributed by atoms with Gasteiger partial charge in [0.2, 0.25) is 5.91 Å². The summed E-state index contributed by atoms with van der Waals surface area (Å²) in [6.45, 7) is 11.4. The number of carbonyl (C=O) groups is 2. The lowest BCUT2D eigenvalue weighted by Crippen LogP contribution is -2.38. The quantitative estimate of drug-likeness (QED) is 0.406. The van der Waals surface area contributed by atoms with Crippen molar-refractivity contribution in [2.24, 2.45) is 5.92 Å². The number of hydrogen-bond acceptors (Lipinski definition) is 6. The van der Waals surface area contributed by atoms with Crippen molar-refractivity contribution in [2.45, 2.75) is 65.1 Å². The third kappa shape index (κ3) is 6.56. The van der Waals surface area contributed by atoms with Crippen LogP contribution in [0.5, 0.6) is 5.75 Å². The van der Waals surface area contributed by atoms with E-state index in [4.69, 9.17) is 8.92 Å². The predicted octanol–water partition coefficient (Wildman–Crippen LogP) is 4.41. The molecule has 0 N–H and O–H groups in total. The van der Waals surface area contributed by atoms with Crippen LogP contribution >= 0.6 is 0 Å². The molecule has 0 spiro atoms. The lowest BCUT2D eigenvalue weighted by molar-refractivity contribution is -0.136. The smallest absolute Gasteiger partial charge is 0.340 e. The average molecular weight is 462 g/mol. The van der Waals surface area contributed by atoms with Crippen molar-refractivity contribution in [3.63, 3.8) is 0 Å². The van der Waals surface area contributed by atoms with Gasteiger partial charge in [0.15, 0.2) is 0 Å². The van der Waals surface area contributed by atoms with Gasteiger partial charge in [-0.05, 0) is 57.5 Å². The highest BCUT2D eigenvalue weighted by molar-refractivity contribution is 7.87. The van der Waals surface area contributed by atoms with Crippen molar-refractivity contribution in [1.29, 1.82) is 0 Å². The van der Waals surface area contributed by atoms with Crippen LogP contribution in [0.2, 0.25) is 0 Å². The molecule has 0 bridgehead atoms. The minimum atomic E-state index is -4.26. The number of amides is 1. The van der Waals surface area contributed by atoms with E-state index in [1.165, 1.54) is 30.3 Å². The minimum Gasteiger partial charge on any atom is -0.459 e. The van der Waals surface area contributed by atoms with Crippen LogP contribution < -0.4 is 4.18 Å². The molecule has 2 aromatic carbocycles. The van der Waals surface area contributed by atoms with Gasteiger partial charge in [0.1, 0.15) is 10.6 Å². The summed E-state index contributed by atoms with van der Waals surface area (Å²) < 4.78 is 36.1. The van der Waals surface area contributed by atoms with Crippen LogP contribution in [0.1, 0.15) is 57.5 Å². The van der Waals surface area contributed by atoms with E-state index in [0.717, 1.165) is 5.56 Å². The molecule has 2 aromatic rings. The summed E-state index contributed by atoms with van der Waals surface area (Å²) in [4.78, 5) is 26.3. The molecule has 174 valence electrons. The fourth-order valence-corrected chi connectivity index (χ4v) is 4.12. The number of nitrogens with zero attached hydrogens (tertiary/aromatic N) is 1. The summed E-state index contributed by atoms with van der Waals surface area (Å²) in [6.07, 6.45) is -0.389. The van der Waals surface area contributed by atoms with Gasteiger partial charge in [0, 0.05) is 18.5 Å². The highest BCUT2D eigenvalue weighted by Crippen LogP contribution is 2.24. The van der Waals surface area contributed by atoms with E-state index in [2.05, 4.69) is 0 Å². The lowest BCUT2D eigenvalue weighted by atomic mass is 10.1. The van der Waals surface area contributed by atoms with Crippen molar-refractivity contribution in [3.8, 4) is 5.75 Å². The maximum absolute atomic E-state index is 12.8. The largest absolute Gasteiger partial charge is 0.459 e. The second-order valence-corrected chi connectivity index (χ2v) is 9.86. The van der Waals surface area contributed by atoms with E-state index < -0.39 is 16.1 Å². The second-order valence-electron chi connectivity index (χ2n) is 8.35. The van der Waals surface area contributed by atoms with Gasteiger partial charge in [-0.1, -0.05) is 38.1 Å². The minimum absolute atomic E-state index is 0.0308. The number of rotatable bonds is 9. The zero-order chi connectivity index (χ0) is 24.1. The maximum Gasteiger partial charge on any atom is 0.340 e. The first-order chi connectivity index (χ1) is 14.9. The molecule has 8 heteroatoms. The molecular weight excluding hydrogens is 430 g/mol. The molecule has 0 atom stereocenters. The third-order valence-electron chi connectivity index (χ3n) is 4.60. The fraction of sp³-hybridized carbons (Fsp3) is 0.417. The molecule has 32 heavy (non-hydrogen) atoms. The molecule has 7 nitrogen and oxygen atoms in total. The first-order valence-electron chi connectivity index (χ1n) is 10.6. The zero-order valence-electron chi connectivity index (χ0n) is 19.4. The molecular formula is C24H31NO6S. The maximum atomic E-state index is 12.8. The molecule has 2 rings (SSSR count). The van der Waals surface area contributed by atoms with Crippen LogP contribution in [-0.2, 0) is 26.2 Å². The molecule has 0 aliphatic rings. The highest BCUT2D eigenvalue weighted by atomic mass is 32.2. The zero-order valence-corrected chi connectivity index (χ0v) is 20.2. The van der Waals surface area contributed by atoms with Gasteiger partial charge in [-0.3, -0.25) is 4.79 Å². The number of carbonyl (C=O) groups excluding carboxylic acids is 2. The summed E-state index contributed by atoms with van der Waals surface area (Å²) in [7, 11) is -4.26. The lowest BCUT2D eigenvalue weighted by Gasteiger charge is -2.28. The number of ether oxygens (including phenoxy) is 1. The Morgan fingerprint density at radius 3 is 2.03 bits per heavy atom. The SMILES string of the molecule is CC(C)OC(=O)c1ccccc1S(=O)(=O)Oc1ccc(CN(C(=O)C(C)C)C(C)C)cc1. The van der Waals surface area contributed by atoms with Crippen LogP contribution in [0.4, 0.5) is 0 Å². The molecule has 0 fully saturated rings. The van der Waals surface area contributed by atoms with Crippen molar-refractivity contribution in [3.05, 3.63) is 59.7 Å². The van der Waals surface area contributed by atoms with E-state index in [1.807, 2.05) is 27.7 Å². The molecule has 0 saturated heterocycles. The summed E-state index contributed by atoms with van der Waals surface area (Å²) >= 11 is 0. The Morgan fingerprint density at radius 1 is 0.906 bits per heavy atom. The number of hydrogen-bond donors (Lipinski definition) is 0. The van der Waals surface area contributed by atoms with Crippen molar-refractivity contribution < 1.29 is 26.9 Å². The Bertz CT molecular complexity index is 1040. The number of esters is 1. The van der Waals surface area contributed by atoms with Crippen LogP contribution in [0.25, 0.3) is 0 Å². The molecule has 0 saturated carbocycles. The van der Waals surface area contributed by atoms with Crippen LogP contribution in [0.3, 0.4) is 0 Å². The molecule has 0 radical (unpaired) electrons. The topological polar surface area (TPSA) is 90.0 Å². The van der Waals surface area contributed by atoms with Crippen molar-refractivity contribution >= 4 is 22.0 Å². The van der Waals surface area contributed by atoms with E-state index in [9.17, 15) is 18.0 Å². The van der Waals surface area contributed by atoms with Crippen molar-refractivity contribution in [2.75, 3.05) is 0 Å². The van der Waals surface area contributed by atoms with Crippen LogP contribution in [0.15, 0.2) is 53.4 Å². The van der Waals surface area contributed by atoms with E-state index in [0.29, 0.717) is 6.54 Å². The van der Waals surface area contributed by atoms with Gasteiger partial charge < -0.3 is 13.8 Å². The molecule has 0 aliphatic heterocycles. The Morgan fingerprint density at radius 2 is 1.50 bits per heavy atom. The van der Waals surface area contributed by atoms with E-state index in [-0.39, 0.29) is 40.2 Å².